The lowest BCUT2D eigenvalue weighted by Crippen LogP contribution is -2.35. The van der Waals surface area contributed by atoms with E-state index in [1.54, 1.807) is 14.0 Å². The molecule has 0 radical (unpaired) electrons. The summed E-state index contributed by atoms with van der Waals surface area (Å²) in [4.78, 5) is 19.9. The van der Waals surface area contributed by atoms with Crippen molar-refractivity contribution in [2.24, 2.45) is 0 Å². The molecule has 1 aromatic rings. The third-order valence-corrected chi connectivity index (χ3v) is 2.81. The summed E-state index contributed by atoms with van der Waals surface area (Å²) in [6.45, 7) is 5.54. The number of nitrogens with one attached hydrogen (secondary N) is 2. The highest BCUT2D eigenvalue weighted by molar-refractivity contribution is 6.30. The highest BCUT2D eigenvalue weighted by Gasteiger charge is 2.15. The van der Waals surface area contributed by atoms with Crippen LogP contribution in [0, 0.1) is 6.92 Å². The van der Waals surface area contributed by atoms with Crippen molar-refractivity contribution in [3.63, 3.8) is 0 Å². The lowest BCUT2D eigenvalue weighted by atomic mass is 10.2. The number of likely N-dealkylation sites (N-methyl/N-ethyl adjacent to an activating group) is 1. The van der Waals surface area contributed by atoms with Gasteiger partial charge in [0.25, 0.3) is 0 Å². The van der Waals surface area contributed by atoms with Crippen molar-refractivity contribution in [3.05, 3.63) is 16.5 Å². The Morgan fingerprint density at radius 3 is 2.65 bits per heavy atom. The first-order valence-electron chi connectivity index (χ1n) is 5.50. The van der Waals surface area contributed by atoms with Gasteiger partial charge in [-0.1, -0.05) is 18.5 Å². The van der Waals surface area contributed by atoms with Gasteiger partial charge in [-0.05, 0) is 13.8 Å². The molecule has 0 saturated heterocycles. The summed E-state index contributed by atoms with van der Waals surface area (Å²) < 4.78 is 0. The van der Waals surface area contributed by atoms with Crippen LogP contribution < -0.4 is 10.6 Å². The number of rotatable bonds is 4. The molecule has 94 valence electrons. The van der Waals surface area contributed by atoms with Crippen molar-refractivity contribution < 1.29 is 4.79 Å². The molecule has 5 nitrogen and oxygen atoms in total. The molecule has 1 aromatic heterocycles. The Morgan fingerprint density at radius 2 is 2.12 bits per heavy atom. The molecule has 0 aliphatic carbocycles. The predicted octanol–water partition coefficient (Wildman–Crippen LogP) is 1.55. The Balaban J connectivity index is 2.97. The number of aryl methyl sites for hydroxylation is 1. The smallest absolute Gasteiger partial charge is 0.241 e. The molecule has 0 aliphatic heterocycles. The van der Waals surface area contributed by atoms with Crippen LogP contribution in [-0.4, -0.2) is 29.0 Å². The summed E-state index contributed by atoms with van der Waals surface area (Å²) in [6, 6.07) is -0.366. The lowest BCUT2D eigenvalue weighted by molar-refractivity contribution is -0.121. The van der Waals surface area contributed by atoms with Gasteiger partial charge in [-0.3, -0.25) is 4.79 Å². The number of carbonyl (C=O) groups excluding carboxylic acids is 1. The van der Waals surface area contributed by atoms with Crippen molar-refractivity contribution in [1.82, 2.24) is 15.3 Å². The maximum atomic E-state index is 11.4. The molecule has 6 heteroatoms. The van der Waals surface area contributed by atoms with E-state index in [1.807, 2.05) is 13.8 Å². The van der Waals surface area contributed by atoms with Gasteiger partial charge in [-0.15, -0.1) is 0 Å². The molecule has 1 unspecified atom stereocenters. The zero-order chi connectivity index (χ0) is 13.0. The molecule has 17 heavy (non-hydrogen) atoms. The van der Waals surface area contributed by atoms with E-state index < -0.39 is 0 Å². The summed E-state index contributed by atoms with van der Waals surface area (Å²) in [5, 5.41) is 6.02. The number of hydrogen-bond donors (Lipinski definition) is 2. The van der Waals surface area contributed by atoms with Gasteiger partial charge in [0.2, 0.25) is 5.91 Å². The van der Waals surface area contributed by atoms with Gasteiger partial charge in [0.1, 0.15) is 22.8 Å². The minimum atomic E-state index is -0.366. The Bertz CT molecular complexity index is 422. The summed E-state index contributed by atoms with van der Waals surface area (Å²) in [7, 11) is 1.60. The van der Waals surface area contributed by atoms with Crippen LogP contribution in [0.2, 0.25) is 5.15 Å². The van der Waals surface area contributed by atoms with Crippen LogP contribution in [-0.2, 0) is 11.2 Å². The lowest BCUT2D eigenvalue weighted by Gasteiger charge is -2.15. The molecule has 1 heterocycles. The fourth-order valence-electron chi connectivity index (χ4n) is 1.32. The second kappa shape index (κ2) is 5.82. The summed E-state index contributed by atoms with van der Waals surface area (Å²) in [5.74, 6) is 1.17. The zero-order valence-corrected chi connectivity index (χ0v) is 11.2. The van der Waals surface area contributed by atoms with Crippen molar-refractivity contribution in [2.45, 2.75) is 33.2 Å². The Morgan fingerprint density at radius 1 is 1.47 bits per heavy atom. The van der Waals surface area contributed by atoms with E-state index in [0.29, 0.717) is 23.2 Å². The second-order valence-corrected chi connectivity index (χ2v) is 4.10. The summed E-state index contributed by atoms with van der Waals surface area (Å²) in [6.07, 6.45) is 0.697. The highest BCUT2D eigenvalue weighted by atomic mass is 35.5. The van der Waals surface area contributed by atoms with Crippen LogP contribution in [0.25, 0.3) is 0 Å². The standard InChI is InChI=1S/C11H17ClN4O/c1-5-8-15-9(12)6(2)10(16-8)14-7(3)11(17)13-4/h7H,5H2,1-4H3,(H,13,17)(H,14,15,16). The second-order valence-electron chi connectivity index (χ2n) is 3.74. The number of carbonyl (C=O) groups is 1. The van der Waals surface area contributed by atoms with E-state index in [9.17, 15) is 4.79 Å². The first-order chi connectivity index (χ1) is 7.99. The quantitative estimate of drug-likeness (QED) is 0.802. The Kier molecular flexibility index (Phi) is 4.69. The van der Waals surface area contributed by atoms with Gasteiger partial charge < -0.3 is 10.6 Å². The number of amides is 1. The van der Waals surface area contributed by atoms with Gasteiger partial charge >= 0.3 is 0 Å². The van der Waals surface area contributed by atoms with E-state index in [2.05, 4.69) is 20.6 Å². The van der Waals surface area contributed by atoms with E-state index in [-0.39, 0.29) is 11.9 Å². The molecule has 0 spiro atoms. The van der Waals surface area contributed by atoms with Gasteiger partial charge in [0.05, 0.1) is 0 Å². The number of halogens is 1. The number of nitrogens with zero attached hydrogens (tertiary/aromatic N) is 2. The SMILES string of the molecule is CCc1nc(Cl)c(C)c(NC(C)C(=O)NC)n1. The highest BCUT2D eigenvalue weighted by Crippen LogP contribution is 2.20. The molecule has 0 bridgehead atoms. The first-order valence-corrected chi connectivity index (χ1v) is 5.88. The van der Waals surface area contributed by atoms with Crippen molar-refractivity contribution in [3.8, 4) is 0 Å². The van der Waals surface area contributed by atoms with Gasteiger partial charge in [-0.25, -0.2) is 9.97 Å². The molecule has 0 fully saturated rings. The Labute approximate surface area is 106 Å². The van der Waals surface area contributed by atoms with Crippen molar-refractivity contribution in [1.29, 1.82) is 0 Å². The van der Waals surface area contributed by atoms with Crippen LogP contribution in [0.15, 0.2) is 0 Å². The van der Waals surface area contributed by atoms with Gasteiger partial charge in [0.15, 0.2) is 0 Å². The molecule has 1 atom stereocenters. The topological polar surface area (TPSA) is 66.9 Å². The minimum Gasteiger partial charge on any atom is -0.358 e. The molecule has 0 aliphatic rings. The van der Waals surface area contributed by atoms with Crippen LogP contribution in [0.5, 0.6) is 0 Å². The number of aromatic nitrogens is 2. The first kappa shape index (κ1) is 13.7. The maximum Gasteiger partial charge on any atom is 0.241 e. The Hall–Kier alpha value is -1.36. The average molecular weight is 257 g/mol. The van der Waals surface area contributed by atoms with Crippen molar-refractivity contribution in [2.75, 3.05) is 12.4 Å². The van der Waals surface area contributed by atoms with Crippen LogP contribution >= 0.6 is 11.6 Å². The molecule has 2 N–H and O–H groups in total. The number of anilines is 1. The summed E-state index contributed by atoms with van der Waals surface area (Å²) >= 11 is 6.00. The maximum absolute atomic E-state index is 11.4. The summed E-state index contributed by atoms with van der Waals surface area (Å²) in [5.41, 5.74) is 0.750. The van der Waals surface area contributed by atoms with Crippen LogP contribution in [0.3, 0.4) is 0 Å². The zero-order valence-electron chi connectivity index (χ0n) is 10.5. The minimum absolute atomic E-state index is 0.0998. The third kappa shape index (κ3) is 3.30. The van der Waals surface area contributed by atoms with E-state index >= 15 is 0 Å². The predicted molar refractivity (Wildman–Crippen MR) is 68.3 cm³/mol. The normalized spacial score (nSPS) is 12.1. The van der Waals surface area contributed by atoms with E-state index in [0.717, 1.165) is 5.56 Å². The largest absolute Gasteiger partial charge is 0.358 e. The monoisotopic (exact) mass is 256 g/mol. The number of hydrogen-bond acceptors (Lipinski definition) is 4. The van der Waals surface area contributed by atoms with Crippen molar-refractivity contribution >= 4 is 23.3 Å². The molecule has 1 rings (SSSR count). The third-order valence-electron chi connectivity index (χ3n) is 2.44. The molecule has 0 saturated carbocycles. The van der Waals surface area contributed by atoms with Gasteiger partial charge in [-0.2, -0.15) is 0 Å². The fraction of sp³-hybridized carbons (Fsp3) is 0.545. The molecular weight excluding hydrogens is 240 g/mol. The van der Waals surface area contributed by atoms with Gasteiger partial charge in [0, 0.05) is 19.0 Å². The van der Waals surface area contributed by atoms with E-state index in [1.165, 1.54) is 0 Å². The fourth-order valence-corrected chi connectivity index (χ4v) is 1.51. The van der Waals surface area contributed by atoms with E-state index in [4.69, 9.17) is 11.6 Å². The van der Waals surface area contributed by atoms with Crippen LogP contribution in [0.1, 0.15) is 25.2 Å². The average Bonchev–Trinajstić information content (AvgIpc) is 2.33. The molecule has 1 amide bonds. The molecular formula is C11H17ClN4O. The van der Waals surface area contributed by atoms with Crippen LogP contribution in [0.4, 0.5) is 5.82 Å². The molecule has 0 aromatic carbocycles.